The molecule has 0 aromatic heterocycles. The first-order valence-corrected chi connectivity index (χ1v) is 5.15. The van der Waals surface area contributed by atoms with Crippen LogP contribution in [0.4, 0.5) is 0 Å². The molecule has 0 saturated carbocycles. The van der Waals surface area contributed by atoms with Gasteiger partial charge in [-0.15, -0.1) is 0 Å². The summed E-state index contributed by atoms with van der Waals surface area (Å²) in [7, 11) is 0. The zero-order valence-corrected chi connectivity index (χ0v) is 8.42. The standard InChI is InChI=1S/C11H17NO/c1-8-6-12(7-9(8)2)10-3-4-11(13)5-10/h5,8-9H,3-4,6-7H2,1-2H3. The van der Waals surface area contributed by atoms with Gasteiger partial charge >= 0.3 is 0 Å². The van der Waals surface area contributed by atoms with Crippen LogP contribution in [0.25, 0.3) is 0 Å². The second kappa shape index (κ2) is 3.17. The molecule has 1 heterocycles. The molecule has 1 aliphatic heterocycles. The van der Waals surface area contributed by atoms with Crippen LogP contribution in [0.1, 0.15) is 26.7 Å². The van der Waals surface area contributed by atoms with E-state index < -0.39 is 0 Å². The van der Waals surface area contributed by atoms with E-state index in [0.29, 0.717) is 5.78 Å². The van der Waals surface area contributed by atoms with Crippen LogP contribution in [0.2, 0.25) is 0 Å². The Balaban J connectivity index is 2.04. The lowest BCUT2D eigenvalue weighted by molar-refractivity contribution is -0.114. The summed E-state index contributed by atoms with van der Waals surface area (Å²) in [6, 6.07) is 0. The molecule has 0 bridgehead atoms. The monoisotopic (exact) mass is 179 g/mol. The van der Waals surface area contributed by atoms with Crippen LogP contribution >= 0.6 is 0 Å². The van der Waals surface area contributed by atoms with E-state index in [1.54, 1.807) is 0 Å². The van der Waals surface area contributed by atoms with Gasteiger partial charge in [0, 0.05) is 31.3 Å². The van der Waals surface area contributed by atoms with Gasteiger partial charge in [0.15, 0.2) is 5.78 Å². The molecule has 0 aromatic rings. The van der Waals surface area contributed by atoms with Crippen molar-refractivity contribution in [1.82, 2.24) is 4.90 Å². The van der Waals surface area contributed by atoms with E-state index in [-0.39, 0.29) is 0 Å². The molecule has 2 rings (SSSR count). The van der Waals surface area contributed by atoms with Gasteiger partial charge in [0.1, 0.15) is 0 Å². The van der Waals surface area contributed by atoms with Gasteiger partial charge in [-0.05, 0) is 18.3 Å². The summed E-state index contributed by atoms with van der Waals surface area (Å²) in [6.45, 7) is 6.87. The van der Waals surface area contributed by atoms with Gasteiger partial charge in [-0.2, -0.15) is 0 Å². The molecule has 2 nitrogen and oxygen atoms in total. The van der Waals surface area contributed by atoms with Crippen LogP contribution in [0.5, 0.6) is 0 Å². The maximum absolute atomic E-state index is 11.1. The molecule has 0 aromatic carbocycles. The molecule has 2 unspecified atom stereocenters. The number of allylic oxidation sites excluding steroid dienone is 2. The second-order valence-corrected chi connectivity index (χ2v) is 4.46. The Kier molecular flexibility index (Phi) is 2.14. The predicted octanol–water partition coefficient (Wildman–Crippen LogP) is 1.82. The zero-order valence-electron chi connectivity index (χ0n) is 8.42. The van der Waals surface area contributed by atoms with Crippen molar-refractivity contribution in [3.63, 3.8) is 0 Å². The van der Waals surface area contributed by atoms with E-state index in [1.165, 1.54) is 5.70 Å². The minimum absolute atomic E-state index is 0.308. The Bertz CT molecular complexity index is 247. The van der Waals surface area contributed by atoms with Crippen LogP contribution in [-0.4, -0.2) is 23.8 Å². The molecule has 0 radical (unpaired) electrons. The third-order valence-corrected chi connectivity index (χ3v) is 3.35. The SMILES string of the molecule is CC1CN(C2=CC(=O)CC2)CC1C. The maximum Gasteiger partial charge on any atom is 0.157 e. The third-order valence-electron chi connectivity index (χ3n) is 3.35. The number of hydrogen-bond acceptors (Lipinski definition) is 2. The van der Waals surface area contributed by atoms with Crippen molar-refractivity contribution in [2.45, 2.75) is 26.7 Å². The van der Waals surface area contributed by atoms with Crippen molar-refractivity contribution < 1.29 is 4.79 Å². The van der Waals surface area contributed by atoms with Gasteiger partial charge < -0.3 is 4.90 Å². The van der Waals surface area contributed by atoms with Gasteiger partial charge in [0.2, 0.25) is 0 Å². The summed E-state index contributed by atoms with van der Waals surface area (Å²) in [5.41, 5.74) is 1.28. The van der Waals surface area contributed by atoms with E-state index in [4.69, 9.17) is 0 Å². The van der Waals surface area contributed by atoms with Crippen LogP contribution in [0.3, 0.4) is 0 Å². The highest BCUT2D eigenvalue weighted by molar-refractivity contribution is 5.92. The third kappa shape index (κ3) is 1.62. The van der Waals surface area contributed by atoms with Gasteiger partial charge in [0.05, 0.1) is 0 Å². The predicted molar refractivity (Wildman–Crippen MR) is 52.2 cm³/mol. The number of hydrogen-bond donors (Lipinski definition) is 0. The van der Waals surface area contributed by atoms with Crippen molar-refractivity contribution in [2.24, 2.45) is 11.8 Å². The Morgan fingerprint density at radius 2 is 1.85 bits per heavy atom. The van der Waals surface area contributed by atoms with Crippen molar-refractivity contribution >= 4 is 5.78 Å². The summed E-state index contributed by atoms with van der Waals surface area (Å²) < 4.78 is 0. The number of rotatable bonds is 1. The Hall–Kier alpha value is -0.790. The first kappa shape index (κ1) is 8.79. The molecule has 2 atom stereocenters. The Labute approximate surface area is 79.6 Å². The lowest BCUT2D eigenvalue weighted by Crippen LogP contribution is -2.18. The first-order chi connectivity index (χ1) is 6.16. The van der Waals surface area contributed by atoms with E-state index in [0.717, 1.165) is 37.8 Å². The molecular formula is C11H17NO. The quantitative estimate of drug-likeness (QED) is 0.612. The molecular weight excluding hydrogens is 162 g/mol. The number of carbonyl (C=O) groups excluding carboxylic acids is 1. The topological polar surface area (TPSA) is 20.3 Å². The summed E-state index contributed by atoms with van der Waals surface area (Å²) in [5, 5.41) is 0. The number of nitrogens with zero attached hydrogens (tertiary/aromatic N) is 1. The molecule has 2 heteroatoms. The molecule has 72 valence electrons. The summed E-state index contributed by atoms with van der Waals surface area (Å²) in [5.74, 6) is 1.86. The fourth-order valence-corrected chi connectivity index (χ4v) is 2.20. The molecule has 0 spiro atoms. The summed E-state index contributed by atoms with van der Waals surface area (Å²) in [4.78, 5) is 13.5. The summed E-state index contributed by atoms with van der Waals surface area (Å²) in [6.07, 6.45) is 3.54. The molecule has 13 heavy (non-hydrogen) atoms. The van der Waals surface area contributed by atoms with Crippen LogP contribution < -0.4 is 0 Å². The average molecular weight is 179 g/mol. The normalized spacial score (nSPS) is 34.2. The van der Waals surface area contributed by atoms with Crippen LogP contribution in [0, 0.1) is 11.8 Å². The number of ketones is 1. The zero-order chi connectivity index (χ0) is 9.42. The number of likely N-dealkylation sites (tertiary alicyclic amines) is 1. The fourth-order valence-electron chi connectivity index (χ4n) is 2.20. The van der Waals surface area contributed by atoms with Gasteiger partial charge in [-0.3, -0.25) is 4.79 Å². The molecule has 1 fully saturated rings. The van der Waals surface area contributed by atoms with Gasteiger partial charge in [0.25, 0.3) is 0 Å². The van der Waals surface area contributed by atoms with Gasteiger partial charge in [-0.25, -0.2) is 0 Å². The number of carbonyl (C=O) groups is 1. The highest BCUT2D eigenvalue weighted by atomic mass is 16.1. The lowest BCUT2D eigenvalue weighted by Gasteiger charge is -2.18. The highest BCUT2D eigenvalue weighted by Crippen LogP contribution is 2.29. The van der Waals surface area contributed by atoms with Crippen molar-refractivity contribution in [3.8, 4) is 0 Å². The highest BCUT2D eigenvalue weighted by Gasteiger charge is 2.29. The Morgan fingerprint density at radius 1 is 1.23 bits per heavy atom. The fraction of sp³-hybridized carbons (Fsp3) is 0.727. The second-order valence-electron chi connectivity index (χ2n) is 4.46. The molecule has 2 aliphatic rings. The van der Waals surface area contributed by atoms with E-state index >= 15 is 0 Å². The van der Waals surface area contributed by atoms with E-state index in [1.807, 2.05) is 6.08 Å². The molecule has 0 amide bonds. The van der Waals surface area contributed by atoms with E-state index in [9.17, 15) is 4.79 Å². The largest absolute Gasteiger partial charge is 0.374 e. The first-order valence-electron chi connectivity index (χ1n) is 5.15. The van der Waals surface area contributed by atoms with Crippen molar-refractivity contribution in [1.29, 1.82) is 0 Å². The minimum atomic E-state index is 0.308. The van der Waals surface area contributed by atoms with Crippen molar-refractivity contribution in [2.75, 3.05) is 13.1 Å². The lowest BCUT2D eigenvalue weighted by atomic mass is 10.0. The minimum Gasteiger partial charge on any atom is -0.374 e. The average Bonchev–Trinajstić information content (AvgIpc) is 2.61. The van der Waals surface area contributed by atoms with Crippen molar-refractivity contribution in [3.05, 3.63) is 11.8 Å². The molecule has 1 aliphatic carbocycles. The summed E-state index contributed by atoms with van der Waals surface area (Å²) >= 11 is 0. The van der Waals surface area contributed by atoms with E-state index in [2.05, 4.69) is 18.7 Å². The van der Waals surface area contributed by atoms with Gasteiger partial charge in [-0.1, -0.05) is 13.8 Å². The smallest absolute Gasteiger partial charge is 0.157 e. The molecule has 0 N–H and O–H groups in total. The Morgan fingerprint density at radius 3 is 2.31 bits per heavy atom. The van der Waals surface area contributed by atoms with Crippen LogP contribution in [0.15, 0.2) is 11.8 Å². The van der Waals surface area contributed by atoms with Crippen LogP contribution in [-0.2, 0) is 4.79 Å². The maximum atomic E-state index is 11.1. The molecule has 1 saturated heterocycles.